The molecule has 2 aromatic heterocycles. The Morgan fingerprint density at radius 1 is 0.946 bits per heavy atom. The molecule has 2 aromatic rings. The van der Waals surface area contributed by atoms with E-state index in [-0.39, 0.29) is 54.6 Å². The van der Waals surface area contributed by atoms with Crippen molar-refractivity contribution in [3.63, 3.8) is 0 Å². The molecule has 2 aliphatic rings. The lowest BCUT2D eigenvalue weighted by atomic mass is 9.95. The van der Waals surface area contributed by atoms with Crippen LogP contribution in [0.5, 0.6) is 0 Å². The molecule has 1 atom stereocenters. The van der Waals surface area contributed by atoms with Gasteiger partial charge in [-0.15, -0.1) is 0 Å². The van der Waals surface area contributed by atoms with Crippen molar-refractivity contribution in [2.24, 2.45) is 5.92 Å². The molecule has 1 aliphatic heterocycles. The number of nitrogen functional groups attached to an aromatic ring is 1. The van der Waals surface area contributed by atoms with E-state index in [2.05, 4.69) is 26.8 Å². The number of pyridine rings is 1. The maximum absolute atomic E-state index is 13.2. The molecule has 1 unspecified atom stereocenters. The lowest BCUT2D eigenvalue weighted by molar-refractivity contribution is -0.376. The first-order valence-corrected chi connectivity index (χ1v) is 12.3. The number of sulfonamides is 1. The van der Waals surface area contributed by atoms with Gasteiger partial charge in [0.05, 0.1) is 0 Å². The van der Waals surface area contributed by atoms with Gasteiger partial charge in [0, 0.05) is 49.7 Å². The van der Waals surface area contributed by atoms with Gasteiger partial charge in [0.2, 0.25) is 16.0 Å². The maximum Gasteiger partial charge on any atom is 0.430 e. The third kappa shape index (κ3) is 5.15. The van der Waals surface area contributed by atoms with E-state index < -0.39 is 39.6 Å². The molecule has 1 saturated heterocycles. The van der Waals surface area contributed by atoms with Crippen LogP contribution in [0.3, 0.4) is 0 Å². The highest BCUT2D eigenvalue weighted by Gasteiger charge is 2.71. The molecule has 0 radical (unpaired) electrons. The number of rotatable bonds is 4. The van der Waals surface area contributed by atoms with Crippen molar-refractivity contribution in [3.8, 4) is 11.8 Å². The second-order valence-corrected chi connectivity index (χ2v) is 10.5. The summed E-state index contributed by atoms with van der Waals surface area (Å²) in [5.74, 6) is 5.89. The van der Waals surface area contributed by atoms with Gasteiger partial charge >= 0.3 is 12.4 Å². The second kappa shape index (κ2) is 9.30. The highest BCUT2D eigenvalue weighted by Crippen LogP contribution is 2.49. The van der Waals surface area contributed by atoms with Crippen molar-refractivity contribution in [2.75, 3.05) is 30.3 Å². The van der Waals surface area contributed by atoms with E-state index >= 15 is 0 Å². The van der Waals surface area contributed by atoms with Crippen LogP contribution in [0.1, 0.15) is 18.4 Å². The average Bonchev–Trinajstić information content (AvgIpc) is 3.65. The highest BCUT2D eigenvalue weighted by molar-refractivity contribution is 7.89. The summed E-state index contributed by atoms with van der Waals surface area (Å²) in [5, 5.41) is 9.56. The number of anilines is 2. The van der Waals surface area contributed by atoms with Crippen LogP contribution in [0.25, 0.3) is 0 Å². The van der Waals surface area contributed by atoms with Crippen LogP contribution in [-0.2, 0) is 15.6 Å². The van der Waals surface area contributed by atoms with Gasteiger partial charge in [-0.1, -0.05) is 11.8 Å². The zero-order valence-electron chi connectivity index (χ0n) is 18.8. The van der Waals surface area contributed by atoms with E-state index in [1.165, 1.54) is 17.0 Å². The Hall–Kier alpha value is -3.16. The van der Waals surface area contributed by atoms with Crippen LogP contribution in [-0.4, -0.2) is 70.8 Å². The summed E-state index contributed by atoms with van der Waals surface area (Å²) in [5.41, 5.74) is -1.25. The number of aromatic nitrogens is 3. The fourth-order valence-corrected chi connectivity index (χ4v) is 5.00. The Labute approximate surface area is 207 Å². The van der Waals surface area contributed by atoms with Gasteiger partial charge in [-0.3, -0.25) is 0 Å². The number of hydrogen-bond donors (Lipinski definition) is 2. The molecule has 200 valence electrons. The first-order chi connectivity index (χ1) is 17.1. The molecular formula is C21H20F6N6O3S. The number of nitrogens with zero attached hydrogens (tertiary/aromatic N) is 5. The largest absolute Gasteiger partial charge is 0.430 e. The maximum atomic E-state index is 13.2. The van der Waals surface area contributed by atoms with Crippen molar-refractivity contribution in [3.05, 3.63) is 36.3 Å². The molecule has 0 spiro atoms. The van der Waals surface area contributed by atoms with Gasteiger partial charge in [0.1, 0.15) is 16.8 Å². The molecule has 37 heavy (non-hydrogen) atoms. The van der Waals surface area contributed by atoms with Crippen LogP contribution in [0, 0.1) is 17.8 Å². The minimum atomic E-state index is -6.08. The molecule has 3 heterocycles. The predicted molar refractivity (Wildman–Crippen MR) is 117 cm³/mol. The summed E-state index contributed by atoms with van der Waals surface area (Å²) in [7, 11) is -4.00. The standard InChI is InChI=1S/C21H20F6N6O3S/c22-20(23,24)19(34,21(25,26)27)14-9-30-18(31-10-14)33-8-7-32(12-15(33)4-3-13-1-2-13)37(35,36)16-5-6-17(28)29-11-16/h5-6,9-11,13,15,34H,1-2,7-8,12H2,(H2,28,29). The molecule has 0 bridgehead atoms. The second-order valence-electron chi connectivity index (χ2n) is 8.53. The van der Waals surface area contributed by atoms with Gasteiger partial charge in [0.15, 0.2) is 0 Å². The number of piperazine rings is 1. The van der Waals surface area contributed by atoms with E-state index in [1.54, 1.807) is 0 Å². The molecular weight excluding hydrogens is 530 g/mol. The number of halogens is 6. The van der Waals surface area contributed by atoms with Gasteiger partial charge in [0.25, 0.3) is 5.60 Å². The fourth-order valence-electron chi connectivity index (χ4n) is 3.62. The predicted octanol–water partition coefficient (Wildman–Crippen LogP) is 2.06. The Balaban J connectivity index is 1.63. The van der Waals surface area contributed by atoms with Gasteiger partial charge < -0.3 is 15.7 Å². The molecule has 9 nitrogen and oxygen atoms in total. The zero-order valence-corrected chi connectivity index (χ0v) is 19.6. The monoisotopic (exact) mass is 550 g/mol. The van der Waals surface area contributed by atoms with E-state index in [0.29, 0.717) is 0 Å². The summed E-state index contributed by atoms with van der Waals surface area (Å²) in [6.45, 7) is -0.338. The number of hydrogen-bond acceptors (Lipinski definition) is 8. The van der Waals surface area contributed by atoms with Crippen molar-refractivity contribution in [2.45, 2.75) is 41.7 Å². The fraction of sp³-hybridized carbons (Fsp3) is 0.476. The third-order valence-corrected chi connectivity index (χ3v) is 7.75. The van der Waals surface area contributed by atoms with Gasteiger partial charge in [-0.25, -0.2) is 23.4 Å². The molecule has 16 heteroatoms. The average molecular weight is 550 g/mol. The van der Waals surface area contributed by atoms with E-state index in [9.17, 15) is 39.9 Å². The molecule has 2 fully saturated rings. The minimum absolute atomic E-state index is 0.0617. The number of aliphatic hydroxyl groups is 1. The van der Waals surface area contributed by atoms with Crippen molar-refractivity contribution < 1.29 is 39.9 Å². The molecule has 1 saturated carbocycles. The van der Waals surface area contributed by atoms with E-state index in [0.717, 1.165) is 23.3 Å². The molecule has 4 rings (SSSR count). The lowest BCUT2D eigenvalue weighted by Crippen LogP contribution is -2.55. The van der Waals surface area contributed by atoms with Crippen LogP contribution < -0.4 is 10.6 Å². The summed E-state index contributed by atoms with van der Waals surface area (Å²) in [4.78, 5) is 12.3. The Morgan fingerprint density at radius 2 is 1.57 bits per heavy atom. The first kappa shape index (κ1) is 26.9. The minimum Gasteiger partial charge on any atom is -0.384 e. The smallest absolute Gasteiger partial charge is 0.384 e. The summed E-state index contributed by atoms with van der Waals surface area (Å²) < 4.78 is 106. The summed E-state index contributed by atoms with van der Waals surface area (Å²) in [6.07, 6.45) is -8.84. The van der Waals surface area contributed by atoms with Crippen LogP contribution in [0.4, 0.5) is 38.1 Å². The number of nitrogens with two attached hydrogens (primary N) is 1. The SMILES string of the molecule is Nc1ccc(S(=O)(=O)N2CCN(c3ncc(C(O)(C(F)(F)F)C(F)(F)F)cn3)C(C#CC3CC3)C2)cn1. The number of alkyl halides is 6. The van der Waals surface area contributed by atoms with E-state index in [4.69, 9.17) is 5.73 Å². The molecule has 0 aromatic carbocycles. The normalized spacial score (nSPS) is 19.9. The third-order valence-electron chi connectivity index (χ3n) is 5.90. The highest BCUT2D eigenvalue weighted by atomic mass is 32.2. The Kier molecular flexibility index (Phi) is 6.76. The molecule has 3 N–H and O–H groups in total. The van der Waals surface area contributed by atoms with Crippen molar-refractivity contribution in [1.29, 1.82) is 0 Å². The van der Waals surface area contributed by atoms with Crippen LogP contribution in [0.15, 0.2) is 35.6 Å². The van der Waals surface area contributed by atoms with E-state index in [1.807, 2.05) is 0 Å². The Morgan fingerprint density at radius 3 is 2.08 bits per heavy atom. The lowest BCUT2D eigenvalue weighted by Gasteiger charge is -2.38. The van der Waals surface area contributed by atoms with Crippen molar-refractivity contribution in [1.82, 2.24) is 19.3 Å². The van der Waals surface area contributed by atoms with Gasteiger partial charge in [-0.2, -0.15) is 30.6 Å². The summed E-state index contributed by atoms with van der Waals surface area (Å²) >= 11 is 0. The Bertz CT molecular complexity index is 1290. The summed E-state index contributed by atoms with van der Waals surface area (Å²) in [6, 6.07) is 1.77. The van der Waals surface area contributed by atoms with Gasteiger partial charge in [-0.05, 0) is 25.0 Å². The van der Waals surface area contributed by atoms with Crippen LogP contribution in [0.2, 0.25) is 0 Å². The molecule has 0 amide bonds. The molecule has 1 aliphatic carbocycles. The topological polar surface area (TPSA) is 126 Å². The van der Waals surface area contributed by atoms with Crippen LogP contribution >= 0.6 is 0 Å². The zero-order chi connectivity index (χ0) is 27.2. The van der Waals surface area contributed by atoms with Crippen molar-refractivity contribution >= 4 is 21.8 Å². The quantitative estimate of drug-likeness (QED) is 0.438. The first-order valence-electron chi connectivity index (χ1n) is 10.8.